The Morgan fingerprint density at radius 2 is 2.20 bits per heavy atom. The van der Waals surface area contributed by atoms with Gasteiger partial charge in [0.05, 0.1) is 12.1 Å². The van der Waals surface area contributed by atoms with Crippen LogP contribution in [-0.4, -0.2) is 10.9 Å². The number of nitriles is 1. The van der Waals surface area contributed by atoms with E-state index in [-0.39, 0.29) is 11.9 Å². The van der Waals surface area contributed by atoms with Crippen molar-refractivity contribution in [2.45, 2.75) is 25.3 Å². The number of carbonyl (C=O) groups is 1. The van der Waals surface area contributed by atoms with Crippen molar-refractivity contribution in [1.82, 2.24) is 10.3 Å². The number of amides is 1. The smallest absolute Gasteiger partial charge is 0.242 e. The summed E-state index contributed by atoms with van der Waals surface area (Å²) in [6.07, 6.45) is 2.46. The number of nitrogens with zero attached hydrogens (tertiary/aromatic N) is 2. The molecule has 1 heterocycles. The highest BCUT2D eigenvalue weighted by Gasteiger charge is 2.23. The Morgan fingerprint density at radius 3 is 2.75 bits per heavy atom. The molecule has 102 valence electrons. The summed E-state index contributed by atoms with van der Waals surface area (Å²) in [5.74, 6) is -1.06. The van der Waals surface area contributed by atoms with Crippen LogP contribution in [0.25, 0.3) is 0 Å². The van der Waals surface area contributed by atoms with Crippen LogP contribution < -0.4 is 5.32 Å². The van der Waals surface area contributed by atoms with Gasteiger partial charge in [0.1, 0.15) is 10.9 Å². The van der Waals surface area contributed by atoms with Crippen LogP contribution in [0.2, 0.25) is 0 Å². The zero-order chi connectivity index (χ0) is 14.4. The molecule has 0 aliphatic carbocycles. The summed E-state index contributed by atoms with van der Waals surface area (Å²) in [4.78, 5) is 16.5. The lowest BCUT2D eigenvalue weighted by molar-refractivity contribution is -0.122. The van der Waals surface area contributed by atoms with Crippen molar-refractivity contribution in [3.63, 3.8) is 0 Å². The Hall–Kier alpha value is -2.19. The summed E-state index contributed by atoms with van der Waals surface area (Å²) in [5.41, 5.74) is 0.710. The predicted molar refractivity (Wildman–Crippen MR) is 78.1 cm³/mol. The molecule has 1 aromatic carbocycles. The molecule has 1 amide bonds. The van der Waals surface area contributed by atoms with Crippen LogP contribution in [0, 0.1) is 11.3 Å². The van der Waals surface area contributed by atoms with Crippen LogP contribution in [0.15, 0.2) is 41.9 Å². The average molecular weight is 285 g/mol. The monoisotopic (exact) mass is 285 g/mol. The molecule has 2 aromatic rings. The molecule has 5 heteroatoms. The molecule has 20 heavy (non-hydrogen) atoms. The van der Waals surface area contributed by atoms with Gasteiger partial charge in [-0.15, -0.1) is 11.3 Å². The normalized spacial score (nSPS) is 13.2. The summed E-state index contributed by atoms with van der Waals surface area (Å²) in [6, 6.07) is 11.0. The minimum absolute atomic E-state index is 0.137. The highest BCUT2D eigenvalue weighted by atomic mass is 32.1. The number of carbonyl (C=O) groups excluding carboxylic acids is 1. The van der Waals surface area contributed by atoms with Crippen molar-refractivity contribution in [2.75, 3.05) is 0 Å². The van der Waals surface area contributed by atoms with E-state index in [0.717, 1.165) is 11.4 Å². The van der Waals surface area contributed by atoms with Crippen LogP contribution in [0.5, 0.6) is 0 Å². The first kappa shape index (κ1) is 14.2. The highest BCUT2D eigenvalue weighted by molar-refractivity contribution is 7.09. The minimum Gasteiger partial charge on any atom is -0.345 e. The second-order valence-corrected chi connectivity index (χ2v) is 5.24. The van der Waals surface area contributed by atoms with Crippen LogP contribution in [0.1, 0.15) is 35.9 Å². The predicted octanol–water partition coefficient (Wildman–Crippen LogP) is 3.02. The maximum Gasteiger partial charge on any atom is 0.242 e. The number of hydrogen-bond donors (Lipinski definition) is 1. The van der Waals surface area contributed by atoms with Crippen LogP contribution in [0.4, 0.5) is 0 Å². The number of benzene rings is 1. The molecule has 0 radical (unpaired) electrons. The molecule has 1 aromatic heterocycles. The van der Waals surface area contributed by atoms with Gasteiger partial charge in [0.15, 0.2) is 0 Å². The molecule has 0 saturated carbocycles. The van der Waals surface area contributed by atoms with Crippen molar-refractivity contribution in [3.8, 4) is 6.07 Å². The topological polar surface area (TPSA) is 65.8 Å². The maximum atomic E-state index is 12.3. The first-order valence-electron chi connectivity index (χ1n) is 6.40. The Balaban J connectivity index is 2.12. The molecule has 0 bridgehead atoms. The molecule has 0 saturated heterocycles. The number of rotatable bonds is 5. The van der Waals surface area contributed by atoms with E-state index in [9.17, 15) is 10.1 Å². The van der Waals surface area contributed by atoms with Crippen LogP contribution in [-0.2, 0) is 4.79 Å². The zero-order valence-electron chi connectivity index (χ0n) is 11.1. The fourth-order valence-corrected chi connectivity index (χ4v) is 2.70. The van der Waals surface area contributed by atoms with E-state index in [1.54, 1.807) is 18.3 Å². The second-order valence-electron chi connectivity index (χ2n) is 4.31. The van der Waals surface area contributed by atoms with Crippen LogP contribution in [0.3, 0.4) is 0 Å². The van der Waals surface area contributed by atoms with Gasteiger partial charge in [-0.05, 0) is 12.0 Å². The quantitative estimate of drug-likeness (QED) is 0.918. The van der Waals surface area contributed by atoms with E-state index in [0.29, 0.717) is 5.56 Å². The van der Waals surface area contributed by atoms with Crippen molar-refractivity contribution in [3.05, 3.63) is 52.5 Å². The molecule has 0 spiro atoms. The molecule has 0 aliphatic rings. The van der Waals surface area contributed by atoms with E-state index in [1.807, 2.05) is 30.5 Å². The largest absolute Gasteiger partial charge is 0.345 e. The second kappa shape index (κ2) is 6.83. The average Bonchev–Trinajstić information content (AvgIpc) is 3.00. The Bertz CT molecular complexity index is 589. The van der Waals surface area contributed by atoms with Gasteiger partial charge in [-0.2, -0.15) is 5.26 Å². The molecule has 1 N–H and O–H groups in total. The van der Waals surface area contributed by atoms with Crippen LogP contribution >= 0.6 is 11.3 Å². The van der Waals surface area contributed by atoms with Gasteiger partial charge in [-0.1, -0.05) is 37.3 Å². The number of thiazole rings is 1. The summed E-state index contributed by atoms with van der Waals surface area (Å²) in [7, 11) is 0. The Morgan fingerprint density at radius 1 is 1.45 bits per heavy atom. The van der Waals surface area contributed by atoms with Gasteiger partial charge in [0.2, 0.25) is 5.91 Å². The number of aromatic nitrogens is 1. The molecule has 4 nitrogen and oxygen atoms in total. The summed E-state index contributed by atoms with van der Waals surface area (Å²) < 4.78 is 0. The molecule has 0 aliphatic heterocycles. The molecule has 0 fully saturated rings. The zero-order valence-corrected chi connectivity index (χ0v) is 11.9. The molecule has 2 atom stereocenters. The first-order valence-corrected chi connectivity index (χ1v) is 7.28. The summed E-state index contributed by atoms with van der Waals surface area (Å²) in [5, 5.41) is 14.9. The standard InChI is InChI=1S/C15H15N3OS/c1-2-13(15-17-8-9-20-15)18-14(19)12(10-16)11-6-4-3-5-7-11/h3-9,12-13H,2H2,1H3,(H,18,19). The van der Waals surface area contributed by atoms with Crippen molar-refractivity contribution in [1.29, 1.82) is 5.26 Å². The van der Waals surface area contributed by atoms with E-state index in [2.05, 4.69) is 16.4 Å². The van der Waals surface area contributed by atoms with Gasteiger partial charge < -0.3 is 5.32 Å². The molecule has 2 unspecified atom stereocenters. The molecular formula is C15H15N3OS. The van der Waals surface area contributed by atoms with Gasteiger partial charge in [-0.25, -0.2) is 4.98 Å². The SMILES string of the molecule is CCC(NC(=O)C(C#N)c1ccccc1)c1nccs1. The van der Waals surface area contributed by atoms with E-state index >= 15 is 0 Å². The third-order valence-electron chi connectivity index (χ3n) is 3.00. The fourth-order valence-electron chi connectivity index (χ4n) is 1.93. The lowest BCUT2D eigenvalue weighted by Gasteiger charge is -2.17. The third-order valence-corrected chi connectivity index (χ3v) is 3.89. The van der Waals surface area contributed by atoms with E-state index in [1.165, 1.54) is 11.3 Å². The maximum absolute atomic E-state index is 12.3. The van der Waals surface area contributed by atoms with Gasteiger partial charge >= 0.3 is 0 Å². The lowest BCUT2D eigenvalue weighted by atomic mass is 9.99. The van der Waals surface area contributed by atoms with Gasteiger partial charge in [0.25, 0.3) is 0 Å². The first-order chi connectivity index (χ1) is 9.76. The fraction of sp³-hybridized carbons (Fsp3) is 0.267. The van der Waals surface area contributed by atoms with Crippen molar-refractivity contribution < 1.29 is 4.79 Å². The summed E-state index contributed by atoms with van der Waals surface area (Å²) in [6.45, 7) is 1.98. The van der Waals surface area contributed by atoms with Gasteiger partial charge in [-0.3, -0.25) is 4.79 Å². The summed E-state index contributed by atoms with van der Waals surface area (Å²) >= 11 is 1.50. The van der Waals surface area contributed by atoms with Crippen molar-refractivity contribution in [2.24, 2.45) is 0 Å². The molecular weight excluding hydrogens is 270 g/mol. The van der Waals surface area contributed by atoms with Gasteiger partial charge in [0, 0.05) is 11.6 Å². The highest BCUT2D eigenvalue weighted by Crippen LogP contribution is 2.21. The Kier molecular flexibility index (Phi) is 4.85. The minimum atomic E-state index is -0.787. The number of hydrogen-bond acceptors (Lipinski definition) is 4. The number of nitrogens with one attached hydrogen (secondary N) is 1. The third kappa shape index (κ3) is 3.22. The molecule has 2 rings (SSSR count). The Labute approximate surface area is 122 Å². The van der Waals surface area contributed by atoms with E-state index in [4.69, 9.17) is 0 Å². The van der Waals surface area contributed by atoms with E-state index < -0.39 is 5.92 Å². The lowest BCUT2D eigenvalue weighted by Crippen LogP contribution is -2.32. The van der Waals surface area contributed by atoms with Crippen molar-refractivity contribution >= 4 is 17.2 Å².